The monoisotopic (exact) mass is 915 g/mol. The van der Waals surface area contributed by atoms with Crippen molar-refractivity contribution in [1.29, 1.82) is 5.26 Å². The zero-order chi connectivity index (χ0) is 47.0. The normalized spacial score (nSPS) is 19.3. The molecular weight excluding hydrogens is 865 g/mol. The zero-order valence-corrected chi connectivity index (χ0v) is 37.5. The highest BCUT2D eigenvalue weighted by Crippen LogP contribution is 2.41. The van der Waals surface area contributed by atoms with Gasteiger partial charge in [0.2, 0.25) is 5.91 Å². The van der Waals surface area contributed by atoms with Gasteiger partial charge in [0.15, 0.2) is 17.3 Å². The maximum absolute atomic E-state index is 16.0. The number of carbonyl (C=O) groups is 4. The van der Waals surface area contributed by atoms with Crippen molar-refractivity contribution in [1.82, 2.24) is 29.8 Å². The summed E-state index contributed by atoms with van der Waals surface area (Å²) in [6, 6.07) is 23.1. The molecule has 0 spiro atoms. The number of piperidine rings is 1. The molecule has 348 valence electrons. The average molecular weight is 916 g/mol. The van der Waals surface area contributed by atoms with Crippen LogP contribution in [0.4, 0.5) is 25.1 Å². The van der Waals surface area contributed by atoms with Gasteiger partial charge in [0.1, 0.15) is 11.5 Å². The number of methoxy groups -OCH3 is 1. The number of hydrogen-bond acceptors (Lipinski definition) is 12. The lowest BCUT2D eigenvalue weighted by molar-refractivity contribution is -0.127. The third-order valence-electron chi connectivity index (χ3n) is 13.1. The lowest BCUT2D eigenvalue weighted by Crippen LogP contribution is -2.62. The van der Waals surface area contributed by atoms with Crippen molar-refractivity contribution in [3.8, 4) is 29.1 Å². The van der Waals surface area contributed by atoms with Crippen molar-refractivity contribution in [2.75, 3.05) is 75.9 Å². The number of fused-ring (bicyclic) bond motifs is 2. The van der Waals surface area contributed by atoms with E-state index in [4.69, 9.17) is 14.2 Å². The van der Waals surface area contributed by atoms with E-state index in [0.29, 0.717) is 98.8 Å². The van der Waals surface area contributed by atoms with E-state index in [1.54, 1.807) is 54.2 Å². The summed E-state index contributed by atoms with van der Waals surface area (Å²) in [6.07, 6.45) is 0.969. The molecule has 4 aliphatic heterocycles. The quantitative estimate of drug-likeness (QED) is 0.120. The number of alkyl halides is 2. The number of carbonyl (C=O) groups excluding carboxylic acids is 4. The van der Waals surface area contributed by atoms with Gasteiger partial charge >= 0.3 is 6.03 Å². The molecule has 9 rings (SSSR count). The minimum absolute atomic E-state index is 0.126. The van der Waals surface area contributed by atoms with E-state index < -0.39 is 35.9 Å². The second-order valence-electron chi connectivity index (χ2n) is 17.1. The van der Waals surface area contributed by atoms with Crippen LogP contribution in [0.2, 0.25) is 0 Å². The summed E-state index contributed by atoms with van der Waals surface area (Å²) in [5.74, 6) is -1.68. The minimum atomic E-state index is -2.94. The van der Waals surface area contributed by atoms with E-state index >= 15 is 8.78 Å². The summed E-state index contributed by atoms with van der Waals surface area (Å²) in [6.45, 7) is 4.63. The number of urea groups is 1. The molecule has 4 aromatic carbocycles. The average Bonchev–Trinajstić information content (AvgIpc) is 3.78. The van der Waals surface area contributed by atoms with Gasteiger partial charge in [-0.2, -0.15) is 10.4 Å². The predicted molar refractivity (Wildman–Crippen MR) is 244 cm³/mol. The number of hydrogen-bond donors (Lipinski definition) is 1. The molecule has 5 aromatic rings. The number of imide groups is 2. The summed E-state index contributed by atoms with van der Waals surface area (Å²) >= 11 is 0. The smallest absolute Gasteiger partial charge is 0.329 e. The van der Waals surface area contributed by atoms with Crippen molar-refractivity contribution in [3.05, 3.63) is 101 Å². The van der Waals surface area contributed by atoms with Gasteiger partial charge in [-0.1, -0.05) is 24.3 Å². The largest absolute Gasteiger partial charge is 0.493 e. The Bertz CT molecular complexity index is 2770. The molecule has 0 aliphatic carbocycles. The molecule has 0 saturated carbocycles. The van der Waals surface area contributed by atoms with Gasteiger partial charge in [-0.15, -0.1) is 0 Å². The molecule has 3 saturated heterocycles. The maximum atomic E-state index is 16.0. The summed E-state index contributed by atoms with van der Waals surface area (Å²) in [7, 11) is 3.29. The Morgan fingerprint density at radius 2 is 1.69 bits per heavy atom. The molecule has 67 heavy (non-hydrogen) atoms. The lowest BCUT2D eigenvalue weighted by atomic mass is 9.97. The molecular formula is C49H51F2N9O7. The second-order valence-corrected chi connectivity index (χ2v) is 17.1. The van der Waals surface area contributed by atoms with Crippen LogP contribution in [0.25, 0.3) is 10.9 Å². The van der Waals surface area contributed by atoms with Crippen LogP contribution >= 0.6 is 0 Å². The zero-order valence-electron chi connectivity index (χ0n) is 37.5. The fourth-order valence-electron chi connectivity index (χ4n) is 9.75. The van der Waals surface area contributed by atoms with Crippen LogP contribution < -0.4 is 29.3 Å². The third-order valence-corrected chi connectivity index (χ3v) is 13.1. The fourth-order valence-corrected chi connectivity index (χ4v) is 9.75. The molecule has 0 bridgehead atoms. The van der Waals surface area contributed by atoms with E-state index in [-0.39, 0.29) is 43.0 Å². The van der Waals surface area contributed by atoms with Crippen molar-refractivity contribution < 1.29 is 42.2 Å². The highest BCUT2D eigenvalue weighted by molar-refractivity contribution is 6.24. The van der Waals surface area contributed by atoms with Gasteiger partial charge in [0, 0.05) is 70.7 Å². The molecule has 16 nitrogen and oxygen atoms in total. The number of likely N-dealkylation sites (tertiary alicyclic amines) is 1. The van der Waals surface area contributed by atoms with Crippen molar-refractivity contribution >= 4 is 46.2 Å². The Hall–Kier alpha value is -7.10. The topological polar surface area (TPSA) is 166 Å². The highest BCUT2D eigenvalue weighted by Gasteiger charge is 2.48. The van der Waals surface area contributed by atoms with Gasteiger partial charge in [-0.3, -0.25) is 44.0 Å². The van der Waals surface area contributed by atoms with Crippen molar-refractivity contribution in [2.45, 2.75) is 50.6 Å². The fraction of sp³-hybridized carbons (Fsp3) is 0.388. The Kier molecular flexibility index (Phi) is 12.5. The molecule has 5 heterocycles. The van der Waals surface area contributed by atoms with Crippen LogP contribution in [0, 0.1) is 11.3 Å². The SMILES string of the molecule is CCOc1cc([C@@H](CC#N)N2C(=O)c3cccc(N4CCN([C@H]5CCN(CCc6ccc(Oc7ccc8c(N9CCC(=O)NC9=O)nn(C)c8c7)cc6)CC5(F)F)CC4)c3C2=O)ccc1OC. The molecule has 5 amide bonds. The van der Waals surface area contributed by atoms with E-state index in [0.717, 1.165) is 21.4 Å². The number of amides is 5. The van der Waals surface area contributed by atoms with Crippen molar-refractivity contribution in [2.24, 2.45) is 7.05 Å². The molecule has 3 fully saturated rings. The number of aryl methyl sites for hydroxylation is 1. The maximum Gasteiger partial charge on any atom is 0.329 e. The highest BCUT2D eigenvalue weighted by atomic mass is 19.3. The van der Waals surface area contributed by atoms with Crippen LogP contribution in [0.5, 0.6) is 23.0 Å². The van der Waals surface area contributed by atoms with E-state index in [1.165, 1.54) is 12.0 Å². The van der Waals surface area contributed by atoms with E-state index in [1.807, 2.05) is 58.0 Å². The van der Waals surface area contributed by atoms with Gasteiger partial charge < -0.3 is 19.1 Å². The van der Waals surface area contributed by atoms with Crippen LogP contribution in [-0.4, -0.2) is 126 Å². The molecule has 2 atom stereocenters. The summed E-state index contributed by atoms with van der Waals surface area (Å²) in [5.41, 5.74) is 3.38. The van der Waals surface area contributed by atoms with Gasteiger partial charge in [0.05, 0.1) is 67.2 Å². The number of anilines is 2. The number of piperazine rings is 1. The van der Waals surface area contributed by atoms with Gasteiger partial charge in [0.25, 0.3) is 17.7 Å². The Morgan fingerprint density at radius 3 is 2.40 bits per heavy atom. The van der Waals surface area contributed by atoms with E-state index in [9.17, 15) is 24.4 Å². The minimum Gasteiger partial charge on any atom is -0.493 e. The number of rotatable bonds is 14. The first-order valence-electron chi connectivity index (χ1n) is 22.5. The number of nitriles is 1. The standard InChI is InChI=1S/C49H51F2N9O7/c1-4-66-41-28-32(10-15-40(41)65-3)37(16-20-52)60-46(62)36-6-5-7-38(44(36)47(60)63)57-24-26-58(27-25-57)42-18-22-56(30-49(42,50)51)21-17-31-8-11-33(12-9-31)67-34-13-14-35-39(29-34)55(2)54-45(35)59-23-19-43(61)53-48(59)64/h5-15,28-29,37,42H,4,16-19,21-27,30H2,1-3H3,(H,53,61,64)/t37-,42+/m1/s1. The Balaban J connectivity index is 0.783. The number of nitrogens with one attached hydrogen (secondary N) is 1. The predicted octanol–water partition coefficient (Wildman–Crippen LogP) is 6.54. The molecule has 0 radical (unpaired) electrons. The van der Waals surface area contributed by atoms with Crippen molar-refractivity contribution in [3.63, 3.8) is 0 Å². The van der Waals surface area contributed by atoms with Crippen LogP contribution in [0.1, 0.15) is 64.1 Å². The number of benzene rings is 4. The molecule has 1 aromatic heterocycles. The van der Waals surface area contributed by atoms with Gasteiger partial charge in [-0.05, 0) is 79.4 Å². The van der Waals surface area contributed by atoms with Crippen LogP contribution in [0.3, 0.4) is 0 Å². The Labute approximate surface area is 386 Å². The molecule has 18 heteroatoms. The second kappa shape index (κ2) is 18.6. The lowest BCUT2D eigenvalue weighted by Gasteiger charge is -2.46. The third kappa shape index (κ3) is 8.84. The first-order chi connectivity index (χ1) is 32.4. The molecule has 4 aliphatic rings. The number of nitrogens with zero attached hydrogens (tertiary/aromatic N) is 8. The summed E-state index contributed by atoms with van der Waals surface area (Å²) in [4.78, 5) is 60.5. The van der Waals surface area contributed by atoms with E-state index in [2.05, 4.69) is 16.5 Å². The van der Waals surface area contributed by atoms with Crippen LogP contribution in [-0.2, 0) is 18.3 Å². The molecule has 0 unspecified atom stereocenters. The van der Waals surface area contributed by atoms with Gasteiger partial charge in [-0.25, -0.2) is 13.6 Å². The number of ether oxygens (including phenoxy) is 3. The first kappa shape index (κ1) is 45.1. The molecule has 1 N–H and O–H groups in total. The number of halogens is 2. The number of aromatic nitrogens is 2. The van der Waals surface area contributed by atoms with Crippen LogP contribution in [0.15, 0.2) is 78.9 Å². The Morgan fingerprint density at radius 1 is 0.910 bits per heavy atom. The first-order valence-corrected chi connectivity index (χ1v) is 22.5. The summed E-state index contributed by atoms with van der Waals surface area (Å²) in [5, 5.41) is 17.4. The summed E-state index contributed by atoms with van der Waals surface area (Å²) < 4.78 is 50.9.